The summed E-state index contributed by atoms with van der Waals surface area (Å²) in [6, 6.07) is 56.1. The van der Waals surface area contributed by atoms with E-state index in [0.29, 0.717) is 23.3 Å². The first-order valence-corrected chi connectivity index (χ1v) is 20.3. The molecule has 0 fully saturated rings. The van der Waals surface area contributed by atoms with E-state index in [2.05, 4.69) is 103 Å². The molecular weight excluding hydrogens is 739 g/mol. The number of thiophene rings is 2. The van der Waals surface area contributed by atoms with Crippen LogP contribution in [0.2, 0.25) is 0 Å². The molecule has 0 amide bonds. The molecule has 6 nitrogen and oxygen atoms in total. The van der Waals surface area contributed by atoms with E-state index in [1.165, 1.54) is 19.5 Å². The van der Waals surface area contributed by atoms with Crippen molar-refractivity contribution < 1.29 is 4.42 Å². The van der Waals surface area contributed by atoms with E-state index in [0.717, 1.165) is 76.4 Å². The van der Waals surface area contributed by atoms with Crippen LogP contribution in [0.25, 0.3) is 119 Å². The van der Waals surface area contributed by atoms with Gasteiger partial charge in [0.15, 0.2) is 23.3 Å². The Morgan fingerprint density at radius 2 is 0.965 bits per heavy atom. The molecule has 0 radical (unpaired) electrons. The molecule has 7 aromatic carbocycles. The second-order valence-corrected chi connectivity index (χ2v) is 16.1. The molecule has 57 heavy (non-hydrogen) atoms. The quantitative estimate of drug-likeness (QED) is 0.174. The van der Waals surface area contributed by atoms with Gasteiger partial charge in [0.25, 0.3) is 0 Å². The van der Waals surface area contributed by atoms with Crippen LogP contribution in [0.15, 0.2) is 168 Å². The van der Waals surface area contributed by atoms with Gasteiger partial charge in [-0.3, -0.25) is 0 Å². The normalized spacial score (nSPS) is 11.9. The van der Waals surface area contributed by atoms with Crippen molar-refractivity contribution in [2.24, 2.45) is 0 Å². The number of hydrogen-bond acceptors (Lipinski definition) is 8. The summed E-state index contributed by atoms with van der Waals surface area (Å²) in [5.41, 5.74) is 8.09. The van der Waals surface area contributed by atoms with Crippen LogP contribution in [0.1, 0.15) is 0 Å². The topological polar surface area (TPSA) is 77.6 Å². The predicted molar refractivity (Wildman–Crippen MR) is 236 cm³/mol. The van der Waals surface area contributed by atoms with Crippen LogP contribution in [0.4, 0.5) is 0 Å². The molecule has 0 spiro atoms. The molecule has 0 bridgehead atoms. The average molecular weight is 766 g/mol. The zero-order valence-electron chi connectivity index (χ0n) is 30.0. The van der Waals surface area contributed by atoms with E-state index in [9.17, 15) is 0 Å². The highest BCUT2D eigenvalue weighted by Gasteiger charge is 2.22. The highest BCUT2D eigenvalue weighted by molar-refractivity contribution is 7.26. The van der Waals surface area contributed by atoms with Gasteiger partial charge in [-0.25, -0.2) is 24.9 Å². The summed E-state index contributed by atoms with van der Waals surface area (Å²) in [5, 5.41) is 5.37. The molecule has 12 rings (SSSR count). The van der Waals surface area contributed by atoms with Crippen LogP contribution in [0.3, 0.4) is 0 Å². The summed E-state index contributed by atoms with van der Waals surface area (Å²) in [4.78, 5) is 26.0. The Morgan fingerprint density at radius 1 is 0.368 bits per heavy atom. The molecule has 0 unspecified atom stereocenters. The molecule has 0 saturated carbocycles. The first-order valence-electron chi connectivity index (χ1n) is 18.7. The smallest absolute Gasteiger partial charge is 0.164 e. The lowest BCUT2D eigenvalue weighted by Gasteiger charge is -2.10. The number of benzene rings is 7. The first-order chi connectivity index (χ1) is 28.2. The molecular formula is C49H27N5OS2. The minimum absolute atomic E-state index is 0.578. The number of nitrogens with zero attached hydrogens (tertiary/aromatic N) is 5. The maximum atomic E-state index is 6.56. The largest absolute Gasteiger partial charge is 0.456 e. The third-order valence-electron chi connectivity index (χ3n) is 10.6. The molecule has 266 valence electrons. The standard InChI is InChI=1S/C49H27N5OS2/c1-3-13-28(14-4-1)46-50-43(45-44(51-46)32-18-8-10-23-39(32)57-45)30-25-26-36-35(27-30)41-33(19-11-21-37(41)55-36)48-52-47(29-15-5-2-6-16-29)53-49(54-48)34-20-12-24-40-42(34)31-17-7-9-22-38(31)56-40/h1-27H. The molecule has 0 aliphatic carbocycles. The highest BCUT2D eigenvalue weighted by atomic mass is 32.1. The average Bonchev–Trinajstić information content (AvgIpc) is 3.97. The molecule has 0 N–H and O–H groups in total. The van der Waals surface area contributed by atoms with E-state index in [4.69, 9.17) is 29.3 Å². The second kappa shape index (κ2) is 12.7. The second-order valence-electron chi connectivity index (χ2n) is 14.0. The molecule has 0 atom stereocenters. The summed E-state index contributed by atoms with van der Waals surface area (Å²) in [7, 11) is 0. The van der Waals surface area contributed by atoms with E-state index in [1.807, 2.05) is 60.7 Å². The fraction of sp³-hybridized carbons (Fsp3) is 0. The van der Waals surface area contributed by atoms with Crippen molar-refractivity contribution >= 4 is 85.1 Å². The van der Waals surface area contributed by atoms with Crippen LogP contribution < -0.4 is 0 Å². The molecule has 0 aliphatic heterocycles. The zero-order valence-corrected chi connectivity index (χ0v) is 31.7. The van der Waals surface area contributed by atoms with E-state index >= 15 is 0 Å². The number of aromatic nitrogens is 5. The van der Waals surface area contributed by atoms with Crippen molar-refractivity contribution in [3.8, 4) is 56.8 Å². The monoisotopic (exact) mass is 765 g/mol. The molecule has 12 aromatic rings. The zero-order chi connectivity index (χ0) is 37.5. The summed E-state index contributed by atoms with van der Waals surface area (Å²) < 4.78 is 11.2. The summed E-state index contributed by atoms with van der Waals surface area (Å²) in [6.07, 6.45) is 0. The van der Waals surface area contributed by atoms with Crippen LogP contribution >= 0.6 is 22.7 Å². The van der Waals surface area contributed by atoms with Gasteiger partial charge in [0.1, 0.15) is 11.2 Å². The summed E-state index contributed by atoms with van der Waals surface area (Å²) in [5.74, 6) is 2.51. The fourth-order valence-electron chi connectivity index (χ4n) is 7.96. The summed E-state index contributed by atoms with van der Waals surface area (Å²) >= 11 is 3.51. The lowest BCUT2D eigenvalue weighted by atomic mass is 10.0. The van der Waals surface area contributed by atoms with Gasteiger partial charge in [0.2, 0.25) is 0 Å². The SMILES string of the molecule is c1ccc(-c2nc(-c3cccc4oc5ccc(-c6nc(-c7ccccc7)nc7c6sc6ccccc67)cc5c34)nc(-c3cccc4sc5ccccc5c34)n2)cc1. The molecule has 5 aromatic heterocycles. The highest BCUT2D eigenvalue weighted by Crippen LogP contribution is 2.44. The predicted octanol–water partition coefficient (Wildman–Crippen LogP) is 13.6. The Morgan fingerprint density at radius 3 is 1.72 bits per heavy atom. The number of rotatable bonds is 5. The summed E-state index contributed by atoms with van der Waals surface area (Å²) in [6.45, 7) is 0. The molecule has 0 saturated heterocycles. The lowest BCUT2D eigenvalue weighted by Crippen LogP contribution is -2.00. The van der Waals surface area contributed by atoms with E-state index in [-0.39, 0.29) is 0 Å². The van der Waals surface area contributed by atoms with E-state index < -0.39 is 0 Å². The van der Waals surface area contributed by atoms with Gasteiger partial charge >= 0.3 is 0 Å². The lowest BCUT2D eigenvalue weighted by molar-refractivity contribution is 0.669. The molecule has 8 heteroatoms. The Labute approximate surface area is 333 Å². The minimum Gasteiger partial charge on any atom is -0.456 e. The van der Waals surface area contributed by atoms with Gasteiger partial charge in [-0.05, 0) is 42.5 Å². The van der Waals surface area contributed by atoms with Gasteiger partial charge in [-0.1, -0.05) is 121 Å². The maximum Gasteiger partial charge on any atom is 0.164 e. The van der Waals surface area contributed by atoms with Gasteiger partial charge in [-0.2, -0.15) is 0 Å². The van der Waals surface area contributed by atoms with E-state index in [1.54, 1.807) is 22.7 Å². The Bertz CT molecular complexity index is 3540. The van der Waals surface area contributed by atoms with Crippen molar-refractivity contribution in [1.82, 2.24) is 24.9 Å². The van der Waals surface area contributed by atoms with Gasteiger partial charge in [0, 0.05) is 68.8 Å². The van der Waals surface area contributed by atoms with Crippen molar-refractivity contribution in [3.05, 3.63) is 164 Å². The minimum atomic E-state index is 0.578. The van der Waals surface area contributed by atoms with Crippen LogP contribution in [-0.2, 0) is 0 Å². The van der Waals surface area contributed by atoms with Gasteiger partial charge in [-0.15, -0.1) is 22.7 Å². The Hall–Kier alpha value is -7.13. The van der Waals surface area contributed by atoms with Gasteiger partial charge < -0.3 is 4.42 Å². The Kier molecular flexibility index (Phi) is 7.17. The number of furan rings is 1. The van der Waals surface area contributed by atoms with Crippen LogP contribution in [0.5, 0.6) is 0 Å². The van der Waals surface area contributed by atoms with Crippen LogP contribution in [0, 0.1) is 0 Å². The number of fused-ring (bicyclic) bond motifs is 9. The van der Waals surface area contributed by atoms with Crippen molar-refractivity contribution in [1.29, 1.82) is 0 Å². The third-order valence-corrected chi connectivity index (χ3v) is 12.9. The Balaban J connectivity index is 1.10. The fourth-order valence-corrected chi connectivity index (χ4v) is 10.2. The third kappa shape index (κ3) is 5.19. The van der Waals surface area contributed by atoms with Crippen molar-refractivity contribution in [2.75, 3.05) is 0 Å². The van der Waals surface area contributed by atoms with Crippen molar-refractivity contribution in [2.45, 2.75) is 0 Å². The molecule has 0 aliphatic rings. The molecule has 5 heterocycles. The van der Waals surface area contributed by atoms with Crippen LogP contribution in [-0.4, -0.2) is 24.9 Å². The van der Waals surface area contributed by atoms with Gasteiger partial charge in [0.05, 0.1) is 15.9 Å². The number of hydrogen-bond donors (Lipinski definition) is 0. The maximum absolute atomic E-state index is 6.56. The van der Waals surface area contributed by atoms with Crippen molar-refractivity contribution in [3.63, 3.8) is 0 Å². The first kappa shape index (κ1) is 32.1.